The fourth-order valence-electron chi connectivity index (χ4n) is 3.09. The monoisotopic (exact) mass is 340 g/mol. The van der Waals surface area contributed by atoms with E-state index in [9.17, 15) is 10.4 Å². The van der Waals surface area contributed by atoms with Crippen molar-refractivity contribution in [2.45, 2.75) is 25.0 Å². The molecule has 2 aromatic heterocycles. The first kappa shape index (κ1) is 17.0. The molecule has 25 heavy (non-hydrogen) atoms. The Balaban J connectivity index is 1.95. The number of nitrogens with zero attached hydrogens (tertiary/aromatic N) is 3. The summed E-state index contributed by atoms with van der Waals surface area (Å²) < 4.78 is 10.4. The number of ether oxygens (including phenoxy) is 2. The Hall–Kier alpha value is -2.85. The maximum absolute atomic E-state index is 9.71. The standard InChI is InChI=1S/C18H20N4O3/c1-24-14-7-12(9-20-10-14)17(11-5-13(23)6-11)22-16-3-4-21-18(25-2)15(16)8-19/h3-4,7,9-11,13,17,23H,5-6H2,1-2H3,(H,21,22)/t11?,13?,17-/m0/s1. The van der Waals surface area contributed by atoms with E-state index in [1.54, 1.807) is 31.8 Å². The van der Waals surface area contributed by atoms with Crippen molar-refractivity contribution in [2.24, 2.45) is 5.92 Å². The van der Waals surface area contributed by atoms with Gasteiger partial charge in [-0.25, -0.2) is 4.98 Å². The summed E-state index contributed by atoms with van der Waals surface area (Å²) in [5.41, 5.74) is 1.94. The predicted molar refractivity (Wildman–Crippen MR) is 91.4 cm³/mol. The van der Waals surface area contributed by atoms with Gasteiger partial charge in [0.25, 0.3) is 0 Å². The van der Waals surface area contributed by atoms with Crippen molar-refractivity contribution in [3.63, 3.8) is 0 Å². The Morgan fingerprint density at radius 2 is 2.12 bits per heavy atom. The van der Waals surface area contributed by atoms with E-state index >= 15 is 0 Å². The summed E-state index contributed by atoms with van der Waals surface area (Å²) in [6, 6.07) is 5.70. The number of pyridine rings is 2. The minimum atomic E-state index is -0.282. The van der Waals surface area contributed by atoms with Crippen LogP contribution in [-0.4, -0.2) is 35.4 Å². The molecule has 1 aliphatic rings. The lowest BCUT2D eigenvalue weighted by Gasteiger charge is -2.38. The third-order valence-electron chi connectivity index (χ3n) is 4.48. The number of aromatic nitrogens is 2. The van der Waals surface area contributed by atoms with Gasteiger partial charge >= 0.3 is 0 Å². The summed E-state index contributed by atoms with van der Waals surface area (Å²) in [7, 11) is 3.08. The van der Waals surface area contributed by atoms with Gasteiger partial charge in [0.2, 0.25) is 5.88 Å². The van der Waals surface area contributed by atoms with Gasteiger partial charge in [0, 0.05) is 12.4 Å². The van der Waals surface area contributed by atoms with Crippen LogP contribution in [0.3, 0.4) is 0 Å². The van der Waals surface area contributed by atoms with Crippen LogP contribution in [0.5, 0.6) is 11.6 Å². The zero-order chi connectivity index (χ0) is 17.8. The van der Waals surface area contributed by atoms with Crippen LogP contribution < -0.4 is 14.8 Å². The highest BCUT2D eigenvalue weighted by Gasteiger charge is 2.35. The first-order valence-electron chi connectivity index (χ1n) is 8.03. The molecular formula is C18H20N4O3. The molecule has 0 aromatic carbocycles. The Morgan fingerprint density at radius 1 is 1.32 bits per heavy atom. The van der Waals surface area contributed by atoms with Crippen LogP contribution in [-0.2, 0) is 0 Å². The molecule has 2 N–H and O–H groups in total. The second kappa shape index (κ2) is 7.36. The van der Waals surface area contributed by atoms with Crippen molar-refractivity contribution in [1.82, 2.24) is 9.97 Å². The van der Waals surface area contributed by atoms with Gasteiger partial charge in [-0.1, -0.05) is 0 Å². The van der Waals surface area contributed by atoms with Crippen LogP contribution in [0.15, 0.2) is 30.7 Å². The molecule has 7 heteroatoms. The molecular weight excluding hydrogens is 320 g/mol. The Kier molecular flexibility index (Phi) is 5.00. The topological polar surface area (TPSA) is 100 Å². The maximum Gasteiger partial charge on any atom is 0.233 e. The van der Waals surface area contributed by atoms with Gasteiger partial charge in [-0.3, -0.25) is 4.98 Å². The van der Waals surface area contributed by atoms with E-state index in [4.69, 9.17) is 9.47 Å². The molecule has 0 spiro atoms. The van der Waals surface area contributed by atoms with Gasteiger partial charge in [0.1, 0.15) is 17.4 Å². The van der Waals surface area contributed by atoms with Crippen LogP contribution in [0.4, 0.5) is 5.69 Å². The highest BCUT2D eigenvalue weighted by molar-refractivity contribution is 5.62. The van der Waals surface area contributed by atoms with Crippen molar-refractivity contribution in [3.8, 4) is 17.7 Å². The lowest BCUT2D eigenvalue weighted by atomic mass is 9.75. The largest absolute Gasteiger partial charge is 0.495 e. The Morgan fingerprint density at radius 3 is 2.76 bits per heavy atom. The number of rotatable bonds is 6. The zero-order valence-electron chi connectivity index (χ0n) is 14.1. The minimum Gasteiger partial charge on any atom is -0.495 e. The molecule has 0 aliphatic heterocycles. The van der Waals surface area contributed by atoms with Crippen molar-refractivity contribution in [3.05, 3.63) is 41.9 Å². The lowest BCUT2D eigenvalue weighted by Crippen LogP contribution is -2.36. The minimum absolute atomic E-state index is 0.106. The van der Waals surface area contributed by atoms with Crippen LogP contribution in [0, 0.1) is 17.2 Å². The van der Waals surface area contributed by atoms with Crippen molar-refractivity contribution >= 4 is 5.69 Å². The Labute approximate surface area is 146 Å². The number of hydrogen-bond acceptors (Lipinski definition) is 7. The molecule has 1 fully saturated rings. The van der Waals surface area contributed by atoms with Crippen LogP contribution in [0.2, 0.25) is 0 Å². The summed E-state index contributed by atoms with van der Waals surface area (Å²) >= 11 is 0. The smallest absolute Gasteiger partial charge is 0.233 e. The average Bonchev–Trinajstić information content (AvgIpc) is 2.63. The van der Waals surface area contributed by atoms with E-state index in [1.807, 2.05) is 6.07 Å². The predicted octanol–water partition coefficient (Wildman–Crippen LogP) is 2.29. The molecule has 1 atom stereocenters. The van der Waals surface area contributed by atoms with Gasteiger partial charge < -0.3 is 19.9 Å². The molecule has 3 rings (SSSR count). The lowest BCUT2D eigenvalue weighted by molar-refractivity contribution is 0.0339. The summed E-state index contributed by atoms with van der Waals surface area (Å²) in [5.74, 6) is 1.18. The van der Waals surface area contributed by atoms with E-state index in [1.165, 1.54) is 7.11 Å². The fraction of sp³-hybridized carbons (Fsp3) is 0.389. The highest BCUT2D eigenvalue weighted by atomic mass is 16.5. The maximum atomic E-state index is 9.71. The highest BCUT2D eigenvalue weighted by Crippen LogP contribution is 2.41. The molecule has 1 saturated carbocycles. The van der Waals surface area contributed by atoms with Gasteiger partial charge in [-0.2, -0.15) is 5.26 Å². The third-order valence-corrected chi connectivity index (χ3v) is 4.48. The summed E-state index contributed by atoms with van der Waals surface area (Å²) in [6.07, 6.45) is 6.12. The van der Waals surface area contributed by atoms with E-state index < -0.39 is 0 Å². The molecule has 0 radical (unpaired) electrons. The van der Waals surface area contributed by atoms with E-state index in [2.05, 4.69) is 21.4 Å². The number of nitriles is 1. The summed E-state index contributed by atoms with van der Waals surface area (Å²) in [4.78, 5) is 8.29. The third kappa shape index (κ3) is 3.49. The molecule has 130 valence electrons. The number of hydrogen-bond donors (Lipinski definition) is 2. The normalized spacial score (nSPS) is 20.1. The number of aliphatic hydroxyl groups excluding tert-OH is 1. The molecule has 1 aliphatic carbocycles. The molecule has 2 heterocycles. The van der Waals surface area contributed by atoms with Crippen molar-refractivity contribution in [2.75, 3.05) is 19.5 Å². The van der Waals surface area contributed by atoms with Crippen molar-refractivity contribution in [1.29, 1.82) is 5.26 Å². The molecule has 0 amide bonds. The van der Waals surface area contributed by atoms with Gasteiger partial charge in [0.15, 0.2) is 0 Å². The van der Waals surface area contributed by atoms with Gasteiger partial charge in [-0.15, -0.1) is 0 Å². The van der Waals surface area contributed by atoms with Gasteiger partial charge in [-0.05, 0) is 36.5 Å². The number of methoxy groups -OCH3 is 2. The molecule has 0 saturated heterocycles. The van der Waals surface area contributed by atoms with Crippen LogP contribution in [0.25, 0.3) is 0 Å². The Bertz CT molecular complexity index is 784. The average molecular weight is 340 g/mol. The molecule has 0 unspecified atom stereocenters. The first-order chi connectivity index (χ1) is 12.2. The second-order valence-corrected chi connectivity index (χ2v) is 6.02. The van der Waals surface area contributed by atoms with Crippen LogP contribution >= 0.6 is 0 Å². The SMILES string of the molecule is COc1cncc([C@@H](Nc2ccnc(OC)c2C#N)C2CC(O)C2)c1. The first-order valence-corrected chi connectivity index (χ1v) is 8.03. The zero-order valence-corrected chi connectivity index (χ0v) is 14.1. The molecule has 7 nitrogen and oxygen atoms in total. The summed E-state index contributed by atoms with van der Waals surface area (Å²) in [5, 5.41) is 22.6. The van der Waals surface area contributed by atoms with Crippen molar-refractivity contribution < 1.29 is 14.6 Å². The number of aliphatic hydroxyl groups is 1. The molecule has 0 bridgehead atoms. The van der Waals surface area contributed by atoms with E-state index in [0.717, 1.165) is 5.56 Å². The number of anilines is 1. The molecule has 2 aromatic rings. The fourth-order valence-corrected chi connectivity index (χ4v) is 3.09. The quantitative estimate of drug-likeness (QED) is 0.832. The van der Waals surface area contributed by atoms with Gasteiger partial charge in [0.05, 0.1) is 38.2 Å². The van der Waals surface area contributed by atoms with E-state index in [-0.39, 0.29) is 23.9 Å². The summed E-state index contributed by atoms with van der Waals surface area (Å²) in [6.45, 7) is 0. The van der Waals surface area contributed by atoms with E-state index in [0.29, 0.717) is 29.8 Å². The number of nitrogens with one attached hydrogen (secondary N) is 1. The van der Waals surface area contributed by atoms with Crippen LogP contribution in [0.1, 0.15) is 30.0 Å². The second-order valence-electron chi connectivity index (χ2n) is 6.02.